The van der Waals surface area contributed by atoms with Crippen molar-refractivity contribution in [3.05, 3.63) is 34.7 Å². The largest absolute Gasteiger partial charge is 0.497 e. The first kappa shape index (κ1) is 25.8. The van der Waals surface area contributed by atoms with Crippen LogP contribution >= 0.6 is 0 Å². The maximum atomic E-state index is 11.7. The number of rotatable bonds is 6. The van der Waals surface area contributed by atoms with E-state index in [1.54, 1.807) is 6.07 Å². The quantitative estimate of drug-likeness (QED) is 0.235. The van der Waals surface area contributed by atoms with Gasteiger partial charge in [-0.3, -0.25) is 0 Å². The highest BCUT2D eigenvalue weighted by Gasteiger charge is 2.47. The number of benzene rings is 1. The second kappa shape index (κ2) is 10.3. The first-order valence-electron chi connectivity index (χ1n) is 10.9. The van der Waals surface area contributed by atoms with Gasteiger partial charge < -0.3 is 58.7 Å². The average molecular weight is 500 g/mol. The molecule has 13 heteroatoms. The summed E-state index contributed by atoms with van der Waals surface area (Å²) in [5.41, 5.74) is -0.602. The van der Waals surface area contributed by atoms with Gasteiger partial charge in [-0.2, -0.15) is 0 Å². The van der Waals surface area contributed by atoms with Crippen LogP contribution in [0.3, 0.4) is 0 Å². The molecule has 10 unspecified atom stereocenters. The first-order valence-corrected chi connectivity index (χ1v) is 10.9. The minimum absolute atomic E-state index is 0.0265. The molecule has 1 aromatic heterocycles. The number of ether oxygens (including phenoxy) is 5. The Kier molecular flexibility index (Phi) is 7.61. The second-order valence-corrected chi connectivity index (χ2v) is 8.45. The van der Waals surface area contributed by atoms with Gasteiger partial charge in [0.25, 0.3) is 0 Å². The molecule has 194 valence electrons. The van der Waals surface area contributed by atoms with Crippen LogP contribution in [0.5, 0.6) is 11.5 Å². The summed E-state index contributed by atoms with van der Waals surface area (Å²) in [4.78, 5) is 11.7. The molecule has 0 bridgehead atoms. The molecular weight excluding hydrogens is 472 g/mol. The van der Waals surface area contributed by atoms with Gasteiger partial charge in [-0.15, -0.1) is 0 Å². The molecule has 2 aliphatic heterocycles. The molecule has 2 saturated heterocycles. The van der Waals surface area contributed by atoms with Gasteiger partial charge in [-0.25, -0.2) is 4.79 Å². The van der Waals surface area contributed by atoms with E-state index in [0.717, 1.165) is 0 Å². The van der Waals surface area contributed by atoms with E-state index >= 15 is 0 Å². The Hall–Kier alpha value is -2.33. The van der Waals surface area contributed by atoms with Crippen molar-refractivity contribution < 1.29 is 58.7 Å². The van der Waals surface area contributed by atoms with E-state index in [1.807, 2.05) is 0 Å². The molecule has 1 aromatic carbocycles. The number of hydrogen-bond donors (Lipinski definition) is 6. The summed E-state index contributed by atoms with van der Waals surface area (Å²) in [6.07, 6.45) is -14.5. The Morgan fingerprint density at radius 3 is 2.26 bits per heavy atom. The van der Waals surface area contributed by atoms with Crippen LogP contribution in [0.2, 0.25) is 0 Å². The van der Waals surface area contributed by atoms with Crippen molar-refractivity contribution in [3.63, 3.8) is 0 Å². The van der Waals surface area contributed by atoms with E-state index in [-0.39, 0.29) is 11.3 Å². The van der Waals surface area contributed by atoms with Gasteiger partial charge in [-0.05, 0) is 19.1 Å². The van der Waals surface area contributed by atoms with Gasteiger partial charge in [-0.1, -0.05) is 0 Å². The molecule has 2 aliphatic rings. The summed E-state index contributed by atoms with van der Waals surface area (Å²) in [7, 11) is 1.42. The van der Waals surface area contributed by atoms with Crippen molar-refractivity contribution in [1.82, 2.24) is 0 Å². The maximum Gasteiger partial charge on any atom is 0.336 e. The third-order valence-electron chi connectivity index (χ3n) is 6.04. The molecule has 0 aliphatic carbocycles. The van der Waals surface area contributed by atoms with Crippen LogP contribution in [-0.2, 0) is 14.2 Å². The zero-order chi connectivity index (χ0) is 25.4. The van der Waals surface area contributed by atoms with Crippen LogP contribution in [0, 0.1) is 0 Å². The van der Waals surface area contributed by atoms with E-state index in [0.29, 0.717) is 11.1 Å². The lowest BCUT2D eigenvalue weighted by atomic mass is 9.98. The standard InChI is InChI=1S/C22H28O13/c1-8-14(24)16(26)18(28)21(32-8)31-7-12-15(25)17(27)19(29)22(34-12)33-11-6-10(30-2)5-9-3-4-13(23)35-20(9)11/h3-6,8,12,14-19,21-22,24-29H,7H2,1-2H3. The molecule has 0 amide bonds. The number of fused-ring (bicyclic) bond motifs is 1. The van der Waals surface area contributed by atoms with E-state index in [4.69, 9.17) is 28.1 Å². The second-order valence-electron chi connectivity index (χ2n) is 8.45. The van der Waals surface area contributed by atoms with Gasteiger partial charge in [0.15, 0.2) is 17.6 Å². The van der Waals surface area contributed by atoms with Crippen LogP contribution < -0.4 is 15.1 Å². The smallest absolute Gasteiger partial charge is 0.336 e. The molecule has 13 nitrogen and oxygen atoms in total. The van der Waals surface area contributed by atoms with Crippen molar-refractivity contribution in [1.29, 1.82) is 0 Å². The van der Waals surface area contributed by atoms with E-state index in [1.165, 1.54) is 32.2 Å². The molecule has 2 fully saturated rings. The molecule has 2 aromatic rings. The van der Waals surface area contributed by atoms with E-state index in [2.05, 4.69) is 0 Å². The number of methoxy groups -OCH3 is 1. The molecule has 0 spiro atoms. The number of aliphatic hydroxyl groups excluding tert-OH is 6. The summed E-state index contributed by atoms with van der Waals surface area (Å²) in [5.74, 6) is 0.326. The molecule has 0 radical (unpaired) electrons. The van der Waals surface area contributed by atoms with Crippen molar-refractivity contribution in [2.75, 3.05) is 13.7 Å². The molecule has 6 N–H and O–H groups in total. The summed E-state index contributed by atoms with van der Waals surface area (Å²) in [6, 6.07) is 5.69. The lowest BCUT2D eigenvalue weighted by Crippen LogP contribution is -2.61. The van der Waals surface area contributed by atoms with Crippen molar-refractivity contribution in [3.8, 4) is 11.5 Å². The number of hydrogen-bond acceptors (Lipinski definition) is 13. The molecule has 4 rings (SSSR count). The molecule has 3 heterocycles. The fraction of sp³-hybridized carbons (Fsp3) is 0.591. The Morgan fingerprint density at radius 2 is 1.54 bits per heavy atom. The Balaban J connectivity index is 1.52. The summed E-state index contributed by atoms with van der Waals surface area (Å²) >= 11 is 0. The van der Waals surface area contributed by atoms with Crippen molar-refractivity contribution >= 4 is 11.0 Å². The molecule has 10 atom stereocenters. The predicted molar refractivity (Wildman–Crippen MR) is 115 cm³/mol. The minimum Gasteiger partial charge on any atom is -0.497 e. The first-order chi connectivity index (χ1) is 16.6. The zero-order valence-electron chi connectivity index (χ0n) is 18.8. The Morgan fingerprint density at radius 1 is 0.857 bits per heavy atom. The van der Waals surface area contributed by atoms with Crippen LogP contribution in [-0.4, -0.2) is 106 Å². The Labute approximate surface area is 198 Å². The fourth-order valence-electron chi connectivity index (χ4n) is 3.95. The third kappa shape index (κ3) is 5.14. The number of aliphatic hydroxyl groups is 6. The lowest BCUT2D eigenvalue weighted by Gasteiger charge is -2.42. The summed E-state index contributed by atoms with van der Waals surface area (Å²) < 4.78 is 32.6. The van der Waals surface area contributed by atoms with Crippen molar-refractivity contribution in [2.45, 2.75) is 68.3 Å². The average Bonchev–Trinajstić information content (AvgIpc) is 2.85. The zero-order valence-corrected chi connectivity index (χ0v) is 18.8. The van der Waals surface area contributed by atoms with Crippen LogP contribution in [0.1, 0.15) is 6.92 Å². The van der Waals surface area contributed by atoms with Crippen molar-refractivity contribution in [2.24, 2.45) is 0 Å². The van der Waals surface area contributed by atoms with Crippen LogP contribution in [0.4, 0.5) is 0 Å². The molecular formula is C22H28O13. The van der Waals surface area contributed by atoms with Crippen LogP contribution in [0.25, 0.3) is 11.0 Å². The van der Waals surface area contributed by atoms with E-state index in [9.17, 15) is 35.4 Å². The maximum absolute atomic E-state index is 11.7. The van der Waals surface area contributed by atoms with Crippen LogP contribution in [0.15, 0.2) is 33.5 Å². The Bertz CT molecular complexity index is 1070. The predicted octanol–water partition coefficient (Wildman–Crippen LogP) is -2.17. The lowest BCUT2D eigenvalue weighted by molar-refractivity contribution is -0.318. The summed E-state index contributed by atoms with van der Waals surface area (Å²) in [6.45, 7) is 1.03. The monoisotopic (exact) mass is 500 g/mol. The third-order valence-corrected chi connectivity index (χ3v) is 6.04. The molecule has 35 heavy (non-hydrogen) atoms. The highest BCUT2D eigenvalue weighted by molar-refractivity contribution is 5.84. The normalized spacial score (nSPS) is 37.8. The SMILES string of the molecule is COc1cc(OC2OC(COC3OC(C)C(O)C(O)C3O)C(O)C(O)C2O)c2oc(=O)ccc2c1. The highest BCUT2D eigenvalue weighted by Crippen LogP contribution is 2.33. The van der Waals surface area contributed by atoms with Gasteiger partial charge in [0.05, 0.1) is 19.8 Å². The van der Waals surface area contributed by atoms with Gasteiger partial charge in [0.2, 0.25) is 6.29 Å². The minimum atomic E-state index is -1.71. The van der Waals surface area contributed by atoms with Gasteiger partial charge in [0.1, 0.15) is 48.5 Å². The van der Waals surface area contributed by atoms with Gasteiger partial charge >= 0.3 is 5.63 Å². The summed E-state index contributed by atoms with van der Waals surface area (Å²) in [5, 5.41) is 61.5. The topological polar surface area (TPSA) is 198 Å². The molecule has 0 saturated carbocycles. The van der Waals surface area contributed by atoms with E-state index < -0.39 is 73.6 Å². The highest BCUT2D eigenvalue weighted by atomic mass is 16.7. The fourth-order valence-corrected chi connectivity index (χ4v) is 3.95. The van der Waals surface area contributed by atoms with Gasteiger partial charge in [0, 0.05) is 17.5 Å².